The molecule has 36 heavy (non-hydrogen) atoms. The van der Waals surface area contributed by atoms with Crippen molar-refractivity contribution in [1.82, 2.24) is 36.2 Å². The Morgan fingerprint density at radius 1 is 1.06 bits per heavy atom. The van der Waals surface area contributed by atoms with Gasteiger partial charge in [0.25, 0.3) is 0 Å². The first-order valence-electron chi connectivity index (χ1n) is 12.1. The van der Waals surface area contributed by atoms with Gasteiger partial charge in [0.1, 0.15) is 11.4 Å². The number of piperazine rings is 1. The van der Waals surface area contributed by atoms with Gasteiger partial charge in [-0.3, -0.25) is 9.67 Å². The summed E-state index contributed by atoms with van der Waals surface area (Å²) in [6.45, 7) is 6.16. The monoisotopic (exact) mass is 486 g/mol. The summed E-state index contributed by atoms with van der Waals surface area (Å²) < 4.78 is 17.7. The molecule has 6 rings (SSSR count). The van der Waals surface area contributed by atoms with Crippen molar-refractivity contribution < 1.29 is 4.39 Å². The number of anilines is 2. The number of pyridine rings is 1. The van der Waals surface area contributed by atoms with Crippen LogP contribution in [0.1, 0.15) is 38.3 Å². The minimum atomic E-state index is -0.533. The summed E-state index contributed by atoms with van der Waals surface area (Å²) in [5, 5.41) is 9.20. The Morgan fingerprint density at radius 2 is 1.78 bits per heavy atom. The van der Waals surface area contributed by atoms with E-state index < -0.39 is 5.82 Å². The zero-order valence-corrected chi connectivity index (χ0v) is 20.6. The lowest BCUT2D eigenvalue weighted by molar-refractivity contribution is 0.465. The van der Waals surface area contributed by atoms with Crippen molar-refractivity contribution in [1.29, 1.82) is 0 Å². The summed E-state index contributed by atoms with van der Waals surface area (Å²) in [6.07, 6.45) is 4.23. The molecule has 0 amide bonds. The molecule has 3 N–H and O–H groups in total. The third kappa shape index (κ3) is 4.06. The van der Waals surface area contributed by atoms with Crippen molar-refractivity contribution in [2.75, 3.05) is 23.7 Å². The number of aryl methyl sites for hydroxylation is 1. The fourth-order valence-electron chi connectivity index (χ4n) is 5.60. The molecule has 2 fully saturated rings. The minimum absolute atomic E-state index is 0. The van der Waals surface area contributed by atoms with Gasteiger partial charge in [-0.05, 0) is 43.0 Å². The predicted molar refractivity (Wildman–Crippen MR) is 138 cm³/mol. The number of hydrogen-bond acceptors (Lipinski definition) is 7. The Hall–Kier alpha value is -3.63. The maximum absolute atomic E-state index is 15.8. The van der Waals surface area contributed by atoms with Crippen molar-refractivity contribution in [3.8, 4) is 22.6 Å². The second-order valence-corrected chi connectivity index (χ2v) is 9.93. The van der Waals surface area contributed by atoms with Crippen molar-refractivity contribution >= 4 is 22.5 Å². The van der Waals surface area contributed by atoms with Crippen molar-refractivity contribution in [3.05, 3.63) is 48.0 Å². The summed E-state index contributed by atoms with van der Waals surface area (Å²) in [5.74, 6) is -0.255. The average Bonchev–Trinajstić information content (AvgIpc) is 3.36. The molecule has 5 heterocycles. The maximum atomic E-state index is 15.8. The quantitative estimate of drug-likeness (QED) is 0.452. The minimum Gasteiger partial charge on any atom is -0.368 e. The smallest absolute Gasteiger partial charge is 0.221 e. The van der Waals surface area contributed by atoms with E-state index in [0.29, 0.717) is 23.3 Å². The van der Waals surface area contributed by atoms with Crippen molar-refractivity contribution in [3.63, 3.8) is 0 Å². The molecule has 2 aliphatic rings. The number of nitrogens with zero attached hydrogens (tertiary/aromatic N) is 7. The van der Waals surface area contributed by atoms with Gasteiger partial charge in [0.2, 0.25) is 5.95 Å². The first kappa shape index (κ1) is 24.1. The highest BCUT2D eigenvalue weighted by Gasteiger charge is 2.32. The van der Waals surface area contributed by atoms with E-state index >= 15 is 4.39 Å². The highest BCUT2D eigenvalue weighted by molar-refractivity contribution is 5.87. The van der Waals surface area contributed by atoms with Crippen LogP contribution in [0.15, 0.2) is 36.5 Å². The molecule has 3 aromatic heterocycles. The zero-order valence-electron chi connectivity index (χ0n) is 20.6. The largest absolute Gasteiger partial charge is 0.368 e. The first-order chi connectivity index (χ1) is 16.9. The van der Waals surface area contributed by atoms with E-state index in [1.54, 1.807) is 6.20 Å². The summed E-state index contributed by atoms with van der Waals surface area (Å²) in [5.41, 5.74) is 10.4. The van der Waals surface area contributed by atoms with Gasteiger partial charge in [-0.25, -0.2) is 14.4 Å². The van der Waals surface area contributed by atoms with Crippen LogP contribution in [0.5, 0.6) is 0 Å². The fraction of sp³-hybridized carbons (Fsp3) is 0.385. The molecule has 4 aromatic rings. The molecule has 9 nitrogen and oxygen atoms in total. The molecule has 1 aromatic carbocycles. The summed E-state index contributed by atoms with van der Waals surface area (Å²) >= 11 is 0. The average molecular weight is 487 g/mol. The van der Waals surface area contributed by atoms with Crippen LogP contribution in [0.3, 0.4) is 0 Å². The Morgan fingerprint density at radius 3 is 2.44 bits per heavy atom. The van der Waals surface area contributed by atoms with Gasteiger partial charge in [0.15, 0.2) is 5.82 Å². The maximum Gasteiger partial charge on any atom is 0.221 e. The van der Waals surface area contributed by atoms with Gasteiger partial charge in [-0.1, -0.05) is 19.9 Å². The number of fused-ring (bicyclic) bond motifs is 3. The van der Waals surface area contributed by atoms with E-state index in [0.717, 1.165) is 35.4 Å². The second-order valence-electron chi connectivity index (χ2n) is 9.93. The number of benzene rings is 1. The van der Waals surface area contributed by atoms with Gasteiger partial charge in [-0.15, -0.1) is 0 Å². The van der Waals surface area contributed by atoms with E-state index in [9.17, 15) is 0 Å². The molecule has 2 bridgehead atoms. The van der Waals surface area contributed by atoms with Crippen molar-refractivity contribution in [2.24, 2.45) is 7.05 Å². The first-order valence-corrected chi connectivity index (χ1v) is 12.1. The topological polar surface area (TPSA) is 128 Å². The van der Waals surface area contributed by atoms with Crippen LogP contribution >= 0.6 is 0 Å². The lowest BCUT2D eigenvalue weighted by Crippen LogP contribution is -2.51. The van der Waals surface area contributed by atoms with Crippen LogP contribution in [0.2, 0.25) is 0 Å². The van der Waals surface area contributed by atoms with Gasteiger partial charge in [0, 0.05) is 55.0 Å². The Bertz CT molecular complexity index is 1400. The molecule has 2 aliphatic heterocycles. The van der Waals surface area contributed by atoms with Gasteiger partial charge in [-0.2, -0.15) is 5.10 Å². The van der Waals surface area contributed by atoms with E-state index in [1.807, 2.05) is 42.1 Å². The molecule has 2 atom stereocenters. The van der Waals surface area contributed by atoms with Crippen LogP contribution in [-0.2, 0) is 7.05 Å². The van der Waals surface area contributed by atoms with Gasteiger partial charge >= 0.3 is 0 Å². The summed E-state index contributed by atoms with van der Waals surface area (Å²) in [7, 11) is 1.93. The summed E-state index contributed by atoms with van der Waals surface area (Å²) in [4.78, 5) is 15.4. The molecular weight excluding hydrogens is 457 g/mol. The number of hydrogen-bond donors (Lipinski definition) is 2. The lowest BCUT2D eigenvalue weighted by Gasteiger charge is -2.34. The molecule has 0 aliphatic carbocycles. The fourth-order valence-corrected chi connectivity index (χ4v) is 5.60. The SMILES string of the molecule is CC(C)c1c2cc(-c3nc(N)nc(-c4ccc(N5CC6CCC(C5)N6)cn4)c3F)ccc2nn1C.[N]. The normalized spacial score (nSPS) is 19.2. The molecule has 10 heteroatoms. The standard InChI is InChI=1S/C26H29FN8.N/c1-14(2)25-19-10-15(4-8-20(19)33-34(25)3)23-22(27)24(32-26(28)31-23)21-9-7-18(11-29-21)35-12-16-5-6-17(13-35)30-16;/h4,7-11,14,16-17,30H,5-6,12-13H2,1-3H3,(H2,28,31,32);. The van der Waals surface area contributed by atoms with E-state index in [-0.39, 0.29) is 29.4 Å². The van der Waals surface area contributed by atoms with Gasteiger partial charge < -0.3 is 16.0 Å². The van der Waals surface area contributed by atoms with Crippen LogP contribution in [0.4, 0.5) is 16.0 Å². The zero-order chi connectivity index (χ0) is 24.3. The number of halogens is 1. The molecular formula is C26H29FN9. The molecule has 3 radical (unpaired) electrons. The predicted octanol–water partition coefficient (Wildman–Crippen LogP) is 3.40. The molecule has 0 spiro atoms. The molecule has 0 saturated carbocycles. The summed E-state index contributed by atoms with van der Waals surface area (Å²) in [6, 6.07) is 10.5. The van der Waals surface area contributed by atoms with Crippen LogP contribution in [-0.4, -0.2) is 49.9 Å². The number of nitrogen functional groups attached to an aromatic ring is 1. The Balaban J connectivity index is 0.00000267. The van der Waals surface area contributed by atoms with E-state index in [2.05, 4.69) is 44.1 Å². The number of aromatic nitrogens is 5. The van der Waals surface area contributed by atoms with E-state index in [1.165, 1.54) is 12.8 Å². The van der Waals surface area contributed by atoms with Crippen LogP contribution in [0, 0.1) is 5.82 Å². The second kappa shape index (κ2) is 9.11. The van der Waals surface area contributed by atoms with E-state index in [4.69, 9.17) is 5.73 Å². The van der Waals surface area contributed by atoms with Gasteiger partial charge in [0.05, 0.1) is 23.1 Å². The molecule has 2 saturated heterocycles. The van der Waals surface area contributed by atoms with Crippen molar-refractivity contribution in [2.45, 2.75) is 44.7 Å². The Labute approximate surface area is 209 Å². The highest BCUT2D eigenvalue weighted by atomic mass is 19.1. The third-order valence-electron chi connectivity index (χ3n) is 7.14. The van der Waals surface area contributed by atoms with Crippen LogP contribution in [0.25, 0.3) is 33.5 Å². The highest BCUT2D eigenvalue weighted by Crippen LogP contribution is 2.33. The lowest BCUT2D eigenvalue weighted by atomic mass is 10.0. The van der Waals surface area contributed by atoms with Crippen LogP contribution < -0.4 is 22.1 Å². The third-order valence-corrected chi connectivity index (χ3v) is 7.14. The number of nitrogens with one attached hydrogen (secondary N) is 1. The molecule has 2 unspecified atom stereocenters. The number of rotatable bonds is 4. The number of nitrogens with two attached hydrogens (primary N) is 1. The Kier molecular flexibility index (Phi) is 6.09. The molecule has 185 valence electrons.